The predicted octanol–water partition coefficient (Wildman–Crippen LogP) is 0.969. The molecule has 0 aliphatic carbocycles. The summed E-state index contributed by atoms with van der Waals surface area (Å²) in [6, 6.07) is -0.533. The lowest BCUT2D eigenvalue weighted by molar-refractivity contribution is 0.0000457. The van der Waals surface area contributed by atoms with Crippen molar-refractivity contribution < 1.29 is 9.13 Å². The molecule has 118 valence electrons. The molecule has 9 heteroatoms. The van der Waals surface area contributed by atoms with Gasteiger partial charge in [0.05, 0.1) is 16.2 Å². The second kappa shape index (κ2) is 5.24. The predicted molar refractivity (Wildman–Crippen MR) is 86.2 cm³/mol. The third kappa shape index (κ3) is 2.09. The largest absolute Gasteiger partial charge is 0.346 e. The quantitative estimate of drug-likeness (QED) is 0.696. The van der Waals surface area contributed by atoms with Crippen molar-refractivity contribution in [3.05, 3.63) is 16.1 Å². The van der Waals surface area contributed by atoms with Crippen LogP contribution in [0.2, 0.25) is 0 Å². The molecule has 2 atom stereocenters. The number of hydrogen-bond donors (Lipinski definition) is 1. The van der Waals surface area contributed by atoms with Crippen LogP contribution in [0.15, 0.2) is 12.5 Å². The molecule has 2 N–H and O–H groups in total. The van der Waals surface area contributed by atoms with Crippen molar-refractivity contribution in [2.24, 2.45) is 11.1 Å². The number of ether oxygens (including phenoxy) is 1. The number of hydrogen-bond acceptors (Lipinski definition) is 6. The van der Waals surface area contributed by atoms with Gasteiger partial charge < -0.3 is 15.4 Å². The van der Waals surface area contributed by atoms with Crippen LogP contribution in [0, 0.1) is 8.99 Å². The molecule has 1 spiro atoms. The van der Waals surface area contributed by atoms with E-state index in [1.54, 1.807) is 12.5 Å². The number of nitrogens with two attached hydrogens (primary N) is 1. The molecule has 0 amide bonds. The third-order valence-corrected chi connectivity index (χ3v) is 5.59. The van der Waals surface area contributed by atoms with Gasteiger partial charge in [-0.05, 0) is 35.4 Å². The maximum absolute atomic E-state index is 13.6. The van der Waals surface area contributed by atoms with Crippen LogP contribution < -0.4 is 10.6 Å². The van der Waals surface area contributed by atoms with Crippen LogP contribution in [0.3, 0.4) is 0 Å². The normalized spacial score (nSPS) is 27.9. The van der Waals surface area contributed by atoms with Crippen LogP contribution in [0.4, 0.5) is 10.3 Å². The van der Waals surface area contributed by atoms with Gasteiger partial charge in [-0.3, -0.25) is 4.40 Å². The Kier molecular flexibility index (Phi) is 3.46. The molecular weight excluding hydrogens is 402 g/mol. The van der Waals surface area contributed by atoms with Crippen molar-refractivity contribution in [1.82, 2.24) is 19.6 Å². The van der Waals surface area contributed by atoms with E-state index >= 15 is 0 Å². The molecule has 2 aliphatic heterocycles. The number of rotatable bonds is 1. The van der Waals surface area contributed by atoms with E-state index < -0.39 is 12.4 Å². The van der Waals surface area contributed by atoms with Gasteiger partial charge in [0.15, 0.2) is 5.65 Å². The van der Waals surface area contributed by atoms with Crippen molar-refractivity contribution >= 4 is 34.2 Å². The van der Waals surface area contributed by atoms with Gasteiger partial charge in [-0.15, -0.1) is 10.2 Å². The molecule has 4 rings (SSSR count). The highest BCUT2D eigenvalue weighted by Gasteiger charge is 2.49. The average molecular weight is 418 g/mol. The molecule has 7 nitrogen and oxygen atoms in total. The Bertz CT molecular complexity index is 701. The summed E-state index contributed by atoms with van der Waals surface area (Å²) in [5.74, 6) is 0.819. The van der Waals surface area contributed by atoms with Gasteiger partial charge in [-0.1, -0.05) is 0 Å². The fourth-order valence-electron chi connectivity index (χ4n) is 3.37. The monoisotopic (exact) mass is 418 g/mol. The van der Waals surface area contributed by atoms with Crippen molar-refractivity contribution in [2.75, 3.05) is 24.6 Å². The Morgan fingerprint density at radius 2 is 2.18 bits per heavy atom. The van der Waals surface area contributed by atoms with Crippen LogP contribution in [0.25, 0.3) is 5.65 Å². The Labute approximate surface area is 140 Å². The summed E-state index contributed by atoms with van der Waals surface area (Å²) in [5, 5.41) is 8.08. The number of nitrogens with zero attached hydrogens (tertiary/aromatic N) is 5. The second-order valence-electron chi connectivity index (χ2n) is 5.97. The van der Waals surface area contributed by atoms with Crippen molar-refractivity contribution in [3.63, 3.8) is 0 Å². The summed E-state index contributed by atoms with van der Waals surface area (Å²) in [4.78, 5) is 6.69. The van der Waals surface area contributed by atoms with Crippen molar-refractivity contribution in [2.45, 2.75) is 25.2 Å². The minimum atomic E-state index is -1.34. The molecule has 2 aromatic rings. The van der Waals surface area contributed by atoms with Crippen LogP contribution >= 0.6 is 22.6 Å². The zero-order valence-corrected chi connectivity index (χ0v) is 14.0. The van der Waals surface area contributed by atoms with E-state index in [9.17, 15) is 4.39 Å². The highest BCUT2D eigenvalue weighted by atomic mass is 127. The SMILES string of the molecule is N[C@@H]1[C@@H](F)OCC12CCN(c1ncc(I)c3nncn13)CC2. The molecule has 2 fully saturated rings. The van der Waals surface area contributed by atoms with Crippen LogP contribution in [-0.2, 0) is 4.74 Å². The van der Waals surface area contributed by atoms with Gasteiger partial charge in [-0.2, -0.15) is 0 Å². The molecule has 2 aromatic heterocycles. The smallest absolute Gasteiger partial charge is 0.214 e. The first kappa shape index (κ1) is 14.5. The lowest BCUT2D eigenvalue weighted by atomic mass is 9.75. The molecule has 0 saturated carbocycles. The molecule has 0 bridgehead atoms. The minimum Gasteiger partial charge on any atom is -0.346 e. The lowest BCUT2D eigenvalue weighted by Gasteiger charge is -2.41. The summed E-state index contributed by atoms with van der Waals surface area (Å²) >= 11 is 2.19. The highest BCUT2D eigenvalue weighted by molar-refractivity contribution is 14.1. The number of piperidine rings is 1. The third-order valence-electron chi connectivity index (χ3n) is 4.83. The molecule has 0 aromatic carbocycles. The lowest BCUT2D eigenvalue weighted by Crippen LogP contribution is -2.50. The Morgan fingerprint density at radius 1 is 1.41 bits per heavy atom. The summed E-state index contributed by atoms with van der Waals surface area (Å²) in [7, 11) is 0. The maximum atomic E-state index is 13.6. The van der Waals surface area contributed by atoms with Gasteiger partial charge >= 0.3 is 0 Å². The van der Waals surface area contributed by atoms with Crippen LogP contribution in [0.5, 0.6) is 0 Å². The average Bonchev–Trinajstić information content (AvgIpc) is 3.12. The number of alkyl halides is 1. The molecule has 22 heavy (non-hydrogen) atoms. The zero-order chi connectivity index (χ0) is 15.3. The van der Waals surface area contributed by atoms with E-state index in [0.29, 0.717) is 6.61 Å². The van der Waals surface area contributed by atoms with Crippen molar-refractivity contribution in [1.29, 1.82) is 0 Å². The van der Waals surface area contributed by atoms with Crippen LogP contribution in [0.1, 0.15) is 12.8 Å². The minimum absolute atomic E-state index is 0.245. The van der Waals surface area contributed by atoms with Gasteiger partial charge in [0.2, 0.25) is 12.3 Å². The summed E-state index contributed by atoms with van der Waals surface area (Å²) in [5.41, 5.74) is 6.56. The Hall–Kier alpha value is -1.07. The van der Waals surface area contributed by atoms with E-state index in [4.69, 9.17) is 10.5 Å². The topological polar surface area (TPSA) is 81.6 Å². The first-order valence-electron chi connectivity index (χ1n) is 7.21. The summed E-state index contributed by atoms with van der Waals surface area (Å²) in [6.07, 6.45) is 3.73. The standard InChI is InChI=1S/C13H16FIN6O/c14-10-9(16)13(6-22-10)1-3-20(4-2-13)12-17-5-8(15)11-19-18-7-21(11)12/h5,7,9-10H,1-4,6,16H2/t9-,10+/m1/s1. The van der Waals surface area contributed by atoms with E-state index in [-0.39, 0.29) is 5.41 Å². The number of halogens is 2. The first-order valence-corrected chi connectivity index (χ1v) is 8.29. The highest BCUT2D eigenvalue weighted by Crippen LogP contribution is 2.42. The van der Waals surface area contributed by atoms with E-state index in [1.807, 2.05) is 4.40 Å². The molecule has 0 unspecified atom stereocenters. The fraction of sp³-hybridized carbons (Fsp3) is 0.615. The summed E-state index contributed by atoms with van der Waals surface area (Å²) < 4.78 is 21.6. The maximum Gasteiger partial charge on any atom is 0.214 e. The molecular formula is C13H16FIN6O. The zero-order valence-electron chi connectivity index (χ0n) is 11.8. The van der Waals surface area contributed by atoms with E-state index in [1.165, 1.54) is 0 Å². The Balaban J connectivity index is 1.59. The number of aromatic nitrogens is 4. The number of fused-ring (bicyclic) bond motifs is 1. The fourth-order valence-corrected chi connectivity index (χ4v) is 3.87. The van der Waals surface area contributed by atoms with E-state index in [0.717, 1.165) is 41.1 Å². The Morgan fingerprint density at radius 3 is 2.86 bits per heavy atom. The molecule has 2 aliphatic rings. The summed E-state index contributed by atoms with van der Waals surface area (Å²) in [6.45, 7) is 1.95. The van der Waals surface area contributed by atoms with Gasteiger partial charge in [-0.25, -0.2) is 9.37 Å². The number of anilines is 1. The second-order valence-corrected chi connectivity index (χ2v) is 7.13. The van der Waals surface area contributed by atoms with Gasteiger partial charge in [0, 0.05) is 24.7 Å². The van der Waals surface area contributed by atoms with E-state index in [2.05, 4.69) is 42.7 Å². The molecule has 0 radical (unpaired) electrons. The van der Waals surface area contributed by atoms with Crippen molar-refractivity contribution in [3.8, 4) is 0 Å². The molecule has 4 heterocycles. The first-order chi connectivity index (χ1) is 10.6. The van der Waals surface area contributed by atoms with Gasteiger partial charge in [0.25, 0.3) is 0 Å². The molecule has 2 saturated heterocycles. The van der Waals surface area contributed by atoms with Crippen LogP contribution in [-0.4, -0.2) is 51.7 Å². The van der Waals surface area contributed by atoms with Gasteiger partial charge in [0.1, 0.15) is 6.33 Å².